The summed E-state index contributed by atoms with van der Waals surface area (Å²) in [4.78, 5) is -0.297. The third-order valence-corrected chi connectivity index (χ3v) is 1.71. The summed E-state index contributed by atoms with van der Waals surface area (Å²) in [6.45, 7) is 2.95. The van der Waals surface area contributed by atoms with Crippen molar-refractivity contribution in [2.75, 3.05) is 0 Å². The van der Waals surface area contributed by atoms with Gasteiger partial charge in [0.25, 0.3) is 0 Å². The summed E-state index contributed by atoms with van der Waals surface area (Å²) in [5.41, 5.74) is 0. The number of hydrogen-bond acceptors (Lipinski definition) is 1. The van der Waals surface area contributed by atoms with Crippen molar-refractivity contribution in [3.63, 3.8) is 0 Å². The Labute approximate surface area is 65.7 Å². The molecular formula is C5H8BrF3O. The maximum Gasteiger partial charge on any atom is 0.522 e. The maximum atomic E-state index is 11.4. The average Bonchev–Trinajstić information content (AvgIpc) is 1.60. The van der Waals surface area contributed by atoms with Crippen molar-refractivity contribution in [3.8, 4) is 0 Å². The summed E-state index contributed by atoms with van der Waals surface area (Å²) >= 11 is 2.97. The summed E-state index contributed by atoms with van der Waals surface area (Å²) < 4.78 is 37.9. The van der Waals surface area contributed by atoms with Crippen molar-refractivity contribution in [2.45, 2.75) is 31.1 Å². The maximum absolute atomic E-state index is 11.4. The van der Waals surface area contributed by atoms with Gasteiger partial charge in [-0.1, -0.05) is 22.9 Å². The number of ether oxygens (including phenoxy) is 1. The molecule has 0 heterocycles. The second kappa shape index (κ2) is 3.57. The van der Waals surface area contributed by atoms with Gasteiger partial charge in [0.15, 0.2) is 0 Å². The van der Waals surface area contributed by atoms with Gasteiger partial charge in [0.1, 0.15) is 0 Å². The Balaban J connectivity index is 3.68. The first-order valence-electron chi connectivity index (χ1n) is 2.71. The molecular weight excluding hydrogens is 213 g/mol. The van der Waals surface area contributed by atoms with E-state index in [0.29, 0.717) is 0 Å². The quantitative estimate of drug-likeness (QED) is 0.651. The Kier molecular flexibility index (Phi) is 3.65. The van der Waals surface area contributed by atoms with Gasteiger partial charge in [-0.15, -0.1) is 13.2 Å². The van der Waals surface area contributed by atoms with E-state index in [9.17, 15) is 13.2 Å². The molecule has 0 rings (SSSR count). The molecule has 0 aromatic heterocycles. The van der Waals surface area contributed by atoms with Crippen molar-refractivity contribution < 1.29 is 17.9 Å². The van der Waals surface area contributed by atoms with Gasteiger partial charge in [-0.3, -0.25) is 4.74 Å². The van der Waals surface area contributed by atoms with E-state index < -0.39 is 12.5 Å². The van der Waals surface area contributed by atoms with Gasteiger partial charge in [-0.2, -0.15) is 0 Å². The third kappa shape index (κ3) is 5.05. The van der Waals surface area contributed by atoms with Gasteiger partial charge in [0.05, 0.1) is 6.10 Å². The highest BCUT2D eigenvalue weighted by atomic mass is 79.9. The van der Waals surface area contributed by atoms with E-state index >= 15 is 0 Å². The molecule has 0 aliphatic carbocycles. The highest BCUT2D eigenvalue weighted by Gasteiger charge is 2.32. The number of halogens is 4. The van der Waals surface area contributed by atoms with Gasteiger partial charge < -0.3 is 0 Å². The van der Waals surface area contributed by atoms with E-state index in [-0.39, 0.29) is 4.83 Å². The molecule has 0 saturated carbocycles. The Morgan fingerprint density at radius 2 is 1.70 bits per heavy atom. The molecule has 2 atom stereocenters. The molecule has 0 radical (unpaired) electrons. The zero-order valence-corrected chi connectivity index (χ0v) is 7.16. The Morgan fingerprint density at radius 1 is 1.30 bits per heavy atom. The van der Waals surface area contributed by atoms with Gasteiger partial charge in [-0.25, -0.2) is 0 Å². The van der Waals surface area contributed by atoms with Crippen LogP contribution < -0.4 is 0 Å². The Morgan fingerprint density at radius 3 is 1.80 bits per heavy atom. The first-order chi connectivity index (χ1) is 4.33. The molecule has 0 aliphatic rings. The topological polar surface area (TPSA) is 9.23 Å². The number of alkyl halides is 4. The zero-order chi connectivity index (χ0) is 8.36. The lowest BCUT2D eigenvalue weighted by atomic mass is 10.3. The van der Waals surface area contributed by atoms with Crippen LogP contribution in [-0.2, 0) is 4.74 Å². The molecule has 0 spiro atoms. The van der Waals surface area contributed by atoms with Gasteiger partial charge in [0, 0.05) is 4.83 Å². The van der Waals surface area contributed by atoms with Crippen LogP contribution in [0.1, 0.15) is 13.8 Å². The number of hydrogen-bond donors (Lipinski definition) is 0. The van der Waals surface area contributed by atoms with Crippen LogP contribution in [-0.4, -0.2) is 17.3 Å². The third-order valence-electron chi connectivity index (χ3n) is 0.966. The molecule has 0 aromatic carbocycles. The molecule has 1 unspecified atom stereocenters. The van der Waals surface area contributed by atoms with E-state index in [0.717, 1.165) is 0 Å². The predicted octanol–water partition coefficient (Wildman–Crippen LogP) is 2.69. The minimum absolute atomic E-state index is 0.297. The molecule has 0 aliphatic heterocycles. The van der Waals surface area contributed by atoms with E-state index in [1.807, 2.05) is 0 Å². The highest BCUT2D eigenvalue weighted by Crippen LogP contribution is 2.21. The monoisotopic (exact) mass is 220 g/mol. The predicted molar refractivity (Wildman–Crippen MR) is 35.0 cm³/mol. The van der Waals surface area contributed by atoms with Crippen LogP contribution in [0.2, 0.25) is 0 Å². The standard InChI is InChI=1S/C5H8BrF3O/c1-3(6)4(2)10-5(7,8)9/h3-4H,1-2H3/t3?,4-/m0/s1. The Hall–Kier alpha value is 0.230. The lowest BCUT2D eigenvalue weighted by Gasteiger charge is -2.16. The van der Waals surface area contributed by atoms with Gasteiger partial charge in [-0.05, 0) is 6.92 Å². The van der Waals surface area contributed by atoms with Crippen LogP contribution in [0.3, 0.4) is 0 Å². The molecule has 1 nitrogen and oxygen atoms in total. The summed E-state index contributed by atoms with van der Waals surface area (Å²) in [6, 6.07) is 0. The fourth-order valence-electron chi connectivity index (χ4n) is 0.305. The van der Waals surface area contributed by atoms with Crippen LogP contribution in [0.5, 0.6) is 0 Å². The van der Waals surface area contributed by atoms with Crippen LogP contribution in [0.4, 0.5) is 13.2 Å². The molecule has 0 fully saturated rings. The van der Waals surface area contributed by atoms with Crippen molar-refractivity contribution in [1.29, 1.82) is 0 Å². The molecule has 0 N–H and O–H groups in total. The summed E-state index contributed by atoms with van der Waals surface area (Å²) in [5.74, 6) is 0. The van der Waals surface area contributed by atoms with Crippen molar-refractivity contribution in [2.24, 2.45) is 0 Å². The van der Waals surface area contributed by atoms with E-state index in [2.05, 4.69) is 20.7 Å². The van der Waals surface area contributed by atoms with Crippen LogP contribution in [0.15, 0.2) is 0 Å². The fraction of sp³-hybridized carbons (Fsp3) is 1.00. The molecule has 0 bridgehead atoms. The molecule has 62 valence electrons. The van der Waals surface area contributed by atoms with Gasteiger partial charge in [0.2, 0.25) is 0 Å². The SMILES string of the molecule is CC(Br)[C@H](C)OC(F)(F)F. The molecule has 0 aromatic rings. The van der Waals surface area contributed by atoms with Crippen LogP contribution >= 0.6 is 15.9 Å². The van der Waals surface area contributed by atoms with Gasteiger partial charge >= 0.3 is 6.36 Å². The molecule has 0 amide bonds. The van der Waals surface area contributed by atoms with E-state index in [1.54, 1.807) is 6.92 Å². The largest absolute Gasteiger partial charge is 0.522 e. The first kappa shape index (κ1) is 10.2. The highest BCUT2D eigenvalue weighted by molar-refractivity contribution is 9.09. The smallest absolute Gasteiger partial charge is 0.288 e. The van der Waals surface area contributed by atoms with Crippen molar-refractivity contribution in [1.82, 2.24) is 0 Å². The summed E-state index contributed by atoms with van der Waals surface area (Å²) in [6.07, 6.45) is -5.37. The van der Waals surface area contributed by atoms with Crippen molar-refractivity contribution in [3.05, 3.63) is 0 Å². The fourth-order valence-corrected chi connectivity index (χ4v) is 0.412. The first-order valence-corrected chi connectivity index (χ1v) is 3.63. The van der Waals surface area contributed by atoms with Crippen LogP contribution in [0.25, 0.3) is 0 Å². The molecule has 0 saturated heterocycles. The Bertz CT molecular complexity index is 102. The van der Waals surface area contributed by atoms with Crippen LogP contribution in [0, 0.1) is 0 Å². The molecule has 5 heteroatoms. The van der Waals surface area contributed by atoms with Crippen molar-refractivity contribution >= 4 is 15.9 Å². The zero-order valence-electron chi connectivity index (χ0n) is 5.57. The minimum atomic E-state index is -4.53. The van der Waals surface area contributed by atoms with E-state index in [1.165, 1.54) is 6.92 Å². The van der Waals surface area contributed by atoms with E-state index in [4.69, 9.17) is 0 Å². The second-order valence-electron chi connectivity index (χ2n) is 1.95. The second-order valence-corrected chi connectivity index (χ2v) is 3.39. The summed E-state index contributed by atoms with van der Waals surface area (Å²) in [5, 5.41) is 0. The lowest BCUT2D eigenvalue weighted by Crippen LogP contribution is -2.26. The minimum Gasteiger partial charge on any atom is -0.288 e. The average molecular weight is 221 g/mol. The number of rotatable bonds is 2. The molecule has 10 heavy (non-hydrogen) atoms. The normalized spacial score (nSPS) is 18.6. The lowest BCUT2D eigenvalue weighted by molar-refractivity contribution is -0.339. The summed E-state index contributed by atoms with van der Waals surface area (Å²) in [7, 11) is 0.